The van der Waals surface area contributed by atoms with Gasteiger partial charge in [-0.25, -0.2) is 29.1 Å². The van der Waals surface area contributed by atoms with E-state index in [4.69, 9.17) is 14.7 Å². The average Bonchev–Trinajstić information content (AvgIpc) is 3.26. The van der Waals surface area contributed by atoms with E-state index in [0.717, 1.165) is 11.3 Å². The van der Waals surface area contributed by atoms with Gasteiger partial charge in [-0.15, -0.1) is 0 Å². The molecule has 2 N–H and O–H groups in total. The van der Waals surface area contributed by atoms with E-state index in [-0.39, 0.29) is 19.2 Å². The van der Waals surface area contributed by atoms with Crippen LogP contribution in [0, 0.1) is 0 Å². The van der Waals surface area contributed by atoms with Gasteiger partial charge in [0.25, 0.3) is 5.91 Å². The predicted molar refractivity (Wildman–Crippen MR) is 109 cm³/mol. The molecule has 2 fully saturated rings. The van der Waals surface area contributed by atoms with Crippen molar-refractivity contribution in [1.82, 2.24) is 20.3 Å². The molecule has 2 bridgehead atoms. The van der Waals surface area contributed by atoms with Crippen LogP contribution < -0.4 is 5.48 Å². The normalized spacial score (nSPS) is 25.7. The predicted octanol–water partition coefficient (Wildman–Crippen LogP) is 1.18. The Labute approximate surface area is 190 Å². The summed E-state index contributed by atoms with van der Waals surface area (Å²) in [5, 5.41) is 9.30. The third-order valence-corrected chi connectivity index (χ3v) is 5.42. The number of carbonyl (C=O) groups is 4. The fraction of sp³-hybridized carbons (Fsp3) is 0.700. The van der Waals surface area contributed by atoms with Crippen LogP contribution in [0.2, 0.25) is 0 Å². The average molecular weight is 472 g/mol. The van der Waals surface area contributed by atoms with E-state index in [9.17, 15) is 23.6 Å². The van der Waals surface area contributed by atoms with Crippen molar-refractivity contribution >= 4 is 24.0 Å². The first-order chi connectivity index (χ1) is 15.4. The van der Waals surface area contributed by atoms with Gasteiger partial charge in [0.15, 0.2) is 0 Å². The molecule has 3 rings (SSSR count). The number of carbonyl (C=O) groups excluding carboxylic acids is 3. The lowest BCUT2D eigenvalue weighted by atomic mass is 10.0. The number of carboxylic acid groups (broad SMARTS) is 1. The molecule has 3 aliphatic heterocycles. The van der Waals surface area contributed by atoms with Gasteiger partial charge >= 0.3 is 24.5 Å². The smallest absolute Gasteiger partial charge is 0.410 e. The van der Waals surface area contributed by atoms with Crippen molar-refractivity contribution in [1.29, 1.82) is 0 Å². The van der Waals surface area contributed by atoms with Gasteiger partial charge in [-0.3, -0.25) is 9.63 Å². The number of ether oxygens (including phenoxy) is 1. The molecule has 12 nitrogen and oxygen atoms in total. The minimum atomic E-state index is -2.71. The fourth-order valence-corrected chi connectivity index (χ4v) is 4.05. The van der Waals surface area contributed by atoms with E-state index in [1.807, 2.05) is 0 Å². The minimum absolute atomic E-state index is 0.0235. The highest BCUT2D eigenvalue weighted by atomic mass is 19.1. The fourth-order valence-electron chi connectivity index (χ4n) is 4.05. The van der Waals surface area contributed by atoms with Gasteiger partial charge in [0, 0.05) is 6.54 Å². The molecular weight excluding hydrogens is 443 g/mol. The minimum Gasteiger partial charge on any atom is -0.477 e. The zero-order chi connectivity index (χ0) is 24.5. The topological polar surface area (TPSA) is 138 Å². The summed E-state index contributed by atoms with van der Waals surface area (Å²) < 4.78 is 18.9. The van der Waals surface area contributed by atoms with E-state index in [1.165, 1.54) is 0 Å². The second-order valence-corrected chi connectivity index (χ2v) is 9.15. The molecule has 13 heteroatoms. The Morgan fingerprint density at radius 3 is 2.67 bits per heavy atom. The van der Waals surface area contributed by atoms with E-state index < -0.39 is 48.0 Å². The third-order valence-electron chi connectivity index (χ3n) is 5.42. The van der Waals surface area contributed by atoms with E-state index in [0.29, 0.717) is 23.6 Å². The summed E-state index contributed by atoms with van der Waals surface area (Å²) in [5.41, 5.74) is 2.18. The van der Waals surface area contributed by atoms with Gasteiger partial charge in [-0.1, -0.05) is 6.08 Å². The van der Waals surface area contributed by atoms with Crippen molar-refractivity contribution in [3.8, 4) is 0 Å². The van der Waals surface area contributed by atoms with E-state index >= 15 is 0 Å². The number of urea groups is 1. The number of fused-ring (bicyclic) bond motifs is 2. The first kappa shape index (κ1) is 24.7. The Morgan fingerprint density at radius 1 is 1.33 bits per heavy atom. The quantitative estimate of drug-likeness (QED) is 0.416. The third kappa shape index (κ3) is 5.53. The van der Waals surface area contributed by atoms with Crippen LogP contribution in [0.15, 0.2) is 11.6 Å². The summed E-state index contributed by atoms with van der Waals surface area (Å²) in [6.07, 6.45) is -0.159. The number of hydrogen-bond donors (Lipinski definition) is 2. The largest absolute Gasteiger partial charge is 0.477 e. The van der Waals surface area contributed by atoms with Gasteiger partial charge in [0.1, 0.15) is 11.6 Å². The van der Waals surface area contributed by atoms with E-state index in [2.05, 4.69) is 10.3 Å². The van der Waals surface area contributed by atoms with Gasteiger partial charge in [-0.2, -0.15) is 5.06 Å². The van der Waals surface area contributed by atoms with Gasteiger partial charge in [-0.05, 0) is 46.1 Å². The molecule has 0 saturated carbocycles. The van der Waals surface area contributed by atoms with Crippen molar-refractivity contribution in [3.63, 3.8) is 0 Å². The van der Waals surface area contributed by atoms with Crippen molar-refractivity contribution in [2.45, 2.75) is 70.6 Å². The van der Waals surface area contributed by atoms with Crippen LogP contribution in [0.3, 0.4) is 0 Å². The molecule has 0 aromatic carbocycles. The highest BCUT2D eigenvalue weighted by Crippen LogP contribution is 2.30. The summed E-state index contributed by atoms with van der Waals surface area (Å²) in [6.45, 7) is 7.53. The maximum atomic E-state index is 13.5. The number of halogens is 1. The zero-order valence-corrected chi connectivity index (χ0v) is 18.9. The molecule has 0 unspecified atom stereocenters. The number of aliphatic carboxylic acids is 1. The standard InChI is InChI=1S/C20H29FN4O8/c1-11-8-13-9-24(18(29)25(13)33-15(21)17(27)28)14(11)16(26)22-31-10-12-6-5-7-23(12)19(30)32-20(2,3)4/h8,12-15H,5-7,9-10H2,1-4H3,(H,22,26)(H,27,28)/t12-,13+,14-,15+/m0/s1. The van der Waals surface area contributed by atoms with Crippen LogP contribution in [0.5, 0.6) is 0 Å². The Bertz CT molecular complexity index is 844. The van der Waals surface area contributed by atoms with Crippen LogP contribution in [0.1, 0.15) is 40.5 Å². The molecule has 3 aliphatic rings. The zero-order valence-electron chi connectivity index (χ0n) is 18.9. The maximum Gasteiger partial charge on any atom is 0.410 e. The summed E-state index contributed by atoms with van der Waals surface area (Å²) in [7, 11) is 0. The lowest BCUT2D eigenvalue weighted by Crippen LogP contribution is -2.51. The van der Waals surface area contributed by atoms with Crippen molar-refractivity contribution in [2.75, 3.05) is 19.7 Å². The monoisotopic (exact) mass is 472 g/mol. The Balaban J connectivity index is 1.55. The molecule has 0 aromatic heterocycles. The SMILES string of the molecule is CC1=C[C@@H]2CN(C(=O)N2O[C@@H](F)C(=O)O)[C@@H]1C(=O)NOC[C@@H]1CCCN1C(=O)OC(C)(C)C. The lowest BCUT2D eigenvalue weighted by molar-refractivity contribution is -0.219. The molecule has 4 atom stereocenters. The molecule has 184 valence electrons. The van der Waals surface area contributed by atoms with Crippen molar-refractivity contribution in [3.05, 3.63) is 11.6 Å². The number of nitrogens with one attached hydrogen (secondary N) is 1. The Hall–Kier alpha value is -2.93. The van der Waals surface area contributed by atoms with Gasteiger partial charge in [0.05, 0.1) is 25.2 Å². The summed E-state index contributed by atoms with van der Waals surface area (Å²) in [4.78, 5) is 61.1. The highest BCUT2D eigenvalue weighted by Gasteiger charge is 2.49. The molecule has 0 aliphatic carbocycles. The molecule has 33 heavy (non-hydrogen) atoms. The molecule has 2 saturated heterocycles. The maximum absolute atomic E-state index is 13.5. The Morgan fingerprint density at radius 2 is 2.03 bits per heavy atom. The van der Waals surface area contributed by atoms with Gasteiger partial charge < -0.3 is 19.6 Å². The van der Waals surface area contributed by atoms with Crippen LogP contribution in [0.4, 0.5) is 14.0 Å². The first-order valence-electron chi connectivity index (χ1n) is 10.6. The molecule has 0 aromatic rings. The molecule has 3 heterocycles. The van der Waals surface area contributed by atoms with Crippen molar-refractivity contribution < 1.29 is 43.1 Å². The number of hydroxylamine groups is 3. The summed E-state index contributed by atoms with van der Waals surface area (Å²) in [5.74, 6) is -2.50. The van der Waals surface area contributed by atoms with Crippen molar-refractivity contribution in [2.24, 2.45) is 0 Å². The van der Waals surface area contributed by atoms with Crippen LogP contribution >= 0.6 is 0 Å². The van der Waals surface area contributed by atoms with Gasteiger partial charge in [0.2, 0.25) is 0 Å². The van der Waals surface area contributed by atoms with Crippen LogP contribution in [-0.4, -0.2) is 93.8 Å². The summed E-state index contributed by atoms with van der Waals surface area (Å²) in [6, 6.07) is -2.86. The number of alkyl halides is 1. The number of hydrogen-bond acceptors (Lipinski definition) is 7. The second kappa shape index (κ2) is 9.51. The molecule has 4 amide bonds. The number of amides is 4. The number of rotatable bonds is 7. The summed E-state index contributed by atoms with van der Waals surface area (Å²) >= 11 is 0. The first-order valence-corrected chi connectivity index (χ1v) is 10.6. The lowest BCUT2D eigenvalue weighted by Gasteiger charge is -2.30. The Kier molecular flexibility index (Phi) is 7.12. The molecular formula is C20H29FN4O8. The molecule has 0 radical (unpaired) electrons. The number of carboxylic acids is 1. The molecule has 0 spiro atoms. The van der Waals surface area contributed by atoms with Crippen LogP contribution in [-0.2, 0) is 24.0 Å². The highest BCUT2D eigenvalue weighted by molar-refractivity contribution is 5.91. The second-order valence-electron chi connectivity index (χ2n) is 9.15. The van der Waals surface area contributed by atoms with E-state index in [1.54, 1.807) is 38.7 Å². The number of likely N-dealkylation sites (tertiary alicyclic amines) is 1. The van der Waals surface area contributed by atoms with Crippen LogP contribution in [0.25, 0.3) is 0 Å². The number of nitrogens with zero attached hydrogens (tertiary/aromatic N) is 3.